The summed E-state index contributed by atoms with van der Waals surface area (Å²) in [6, 6.07) is 10.2. The molecule has 0 radical (unpaired) electrons. The van der Waals surface area contributed by atoms with Gasteiger partial charge in [-0.25, -0.2) is 18.2 Å². The smallest absolute Gasteiger partial charge is 0.196 e. The maximum atomic E-state index is 13.8. The third-order valence-electron chi connectivity index (χ3n) is 4.42. The highest BCUT2D eigenvalue weighted by Gasteiger charge is 2.15. The summed E-state index contributed by atoms with van der Waals surface area (Å²) >= 11 is 1.27. The number of hydrogen-bond acceptors (Lipinski definition) is 4. The van der Waals surface area contributed by atoms with Crippen molar-refractivity contribution in [1.82, 2.24) is 4.98 Å². The van der Waals surface area contributed by atoms with E-state index >= 15 is 0 Å². The molecule has 0 spiro atoms. The Labute approximate surface area is 153 Å². The number of benzene rings is 2. The number of hydrogen-bond donors (Lipinski definition) is 1. The van der Waals surface area contributed by atoms with Crippen molar-refractivity contribution in [2.75, 3.05) is 23.3 Å². The molecule has 134 valence electrons. The van der Waals surface area contributed by atoms with Gasteiger partial charge in [-0.3, -0.25) is 0 Å². The summed E-state index contributed by atoms with van der Waals surface area (Å²) in [6.45, 7) is 2.17. The van der Waals surface area contributed by atoms with Gasteiger partial charge in [0, 0.05) is 29.7 Å². The Kier molecular flexibility index (Phi) is 4.55. The second-order valence-electron chi connectivity index (χ2n) is 6.13. The van der Waals surface area contributed by atoms with Crippen LogP contribution in [0, 0.1) is 17.5 Å². The summed E-state index contributed by atoms with van der Waals surface area (Å²) < 4.78 is 40.1. The van der Waals surface area contributed by atoms with Crippen LogP contribution in [0.2, 0.25) is 0 Å². The Hall–Kier alpha value is -2.54. The van der Waals surface area contributed by atoms with E-state index in [0.717, 1.165) is 36.5 Å². The van der Waals surface area contributed by atoms with E-state index < -0.39 is 17.5 Å². The van der Waals surface area contributed by atoms with Gasteiger partial charge in [0.25, 0.3) is 0 Å². The van der Waals surface area contributed by atoms with Crippen LogP contribution in [0.4, 0.5) is 29.7 Å². The van der Waals surface area contributed by atoms with Gasteiger partial charge < -0.3 is 10.2 Å². The van der Waals surface area contributed by atoms with E-state index in [1.807, 2.05) is 17.5 Å². The molecule has 0 atom stereocenters. The van der Waals surface area contributed by atoms with Crippen LogP contribution in [-0.2, 0) is 0 Å². The van der Waals surface area contributed by atoms with Gasteiger partial charge in [0.1, 0.15) is 0 Å². The van der Waals surface area contributed by atoms with E-state index in [4.69, 9.17) is 0 Å². The van der Waals surface area contributed by atoms with Crippen LogP contribution >= 0.6 is 11.3 Å². The summed E-state index contributed by atoms with van der Waals surface area (Å²) in [5.74, 6) is -3.97. The predicted octanol–water partition coefficient (Wildman–Crippen LogP) is 5.57. The standard InChI is InChI=1S/C19H16F3N3S/c20-14-7-8-15(18(22)17(14)21)23-19-24-16(11-26-19)12-3-5-13(6-4-12)25-9-1-2-10-25/h3-8,11H,1-2,9-10H2,(H,23,24). The average molecular weight is 375 g/mol. The quantitative estimate of drug-likeness (QED) is 0.604. The van der Waals surface area contributed by atoms with Gasteiger partial charge in [0.2, 0.25) is 0 Å². The molecule has 0 aliphatic carbocycles. The number of anilines is 3. The van der Waals surface area contributed by atoms with Crippen molar-refractivity contribution < 1.29 is 13.2 Å². The van der Waals surface area contributed by atoms with Crippen molar-refractivity contribution >= 4 is 27.8 Å². The highest BCUT2D eigenvalue weighted by atomic mass is 32.1. The van der Waals surface area contributed by atoms with Crippen LogP contribution in [-0.4, -0.2) is 18.1 Å². The van der Waals surface area contributed by atoms with Gasteiger partial charge in [-0.05, 0) is 37.1 Å². The molecule has 0 saturated carbocycles. The first-order valence-electron chi connectivity index (χ1n) is 8.33. The molecule has 0 unspecified atom stereocenters. The average Bonchev–Trinajstić information content (AvgIpc) is 3.34. The van der Waals surface area contributed by atoms with Crippen molar-refractivity contribution in [3.8, 4) is 11.3 Å². The molecular formula is C19H16F3N3S. The normalized spacial score (nSPS) is 14.0. The van der Waals surface area contributed by atoms with Gasteiger partial charge in [0.15, 0.2) is 22.6 Å². The number of nitrogens with zero attached hydrogens (tertiary/aromatic N) is 2. The van der Waals surface area contributed by atoms with E-state index in [1.54, 1.807) is 0 Å². The zero-order valence-corrected chi connectivity index (χ0v) is 14.6. The number of halogens is 3. The molecule has 3 nitrogen and oxygen atoms in total. The fourth-order valence-electron chi connectivity index (χ4n) is 3.02. The highest BCUT2D eigenvalue weighted by Crippen LogP contribution is 2.30. The van der Waals surface area contributed by atoms with Crippen LogP contribution in [0.3, 0.4) is 0 Å². The van der Waals surface area contributed by atoms with Crippen LogP contribution in [0.5, 0.6) is 0 Å². The number of thiazole rings is 1. The van der Waals surface area contributed by atoms with Crippen LogP contribution in [0.25, 0.3) is 11.3 Å². The molecule has 1 N–H and O–H groups in total. The van der Waals surface area contributed by atoms with Crippen LogP contribution in [0.1, 0.15) is 12.8 Å². The van der Waals surface area contributed by atoms with Crippen molar-refractivity contribution in [2.24, 2.45) is 0 Å². The molecule has 3 aromatic rings. The van der Waals surface area contributed by atoms with Crippen molar-refractivity contribution in [1.29, 1.82) is 0 Å². The molecule has 0 amide bonds. The second-order valence-corrected chi connectivity index (χ2v) is 6.98. The van der Waals surface area contributed by atoms with Gasteiger partial charge in [0.05, 0.1) is 11.4 Å². The lowest BCUT2D eigenvalue weighted by Gasteiger charge is -2.17. The van der Waals surface area contributed by atoms with Crippen LogP contribution < -0.4 is 10.2 Å². The summed E-state index contributed by atoms with van der Waals surface area (Å²) in [4.78, 5) is 6.76. The van der Waals surface area contributed by atoms with Gasteiger partial charge >= 0.3 is 0 Å². The lowest BCUT2D eigenvalue weighted by Crippen LogP contribution is -2.17. The Balaban J connectivity index is 1.52. The summed E-state index contributed by atoms with van der Waals surface area (Å²) in [7, 11) is 0. The number of aromatic nitrogens is 1. The molecule has 1 fully saturated rings. The van der Waals surface area contributed by atoms with Gasteiger partial charge in [-0.1, -0.05) is 12.1 Å². The largest absolute Gasteiger partial charge is 0.372 e. The Morgan fingerprint density at radius 2 is 1.65 bits per heavy atom. The van der Waals surface area contributed by atoms with Crippen molar-refractivity contribution in [3.05, 3.63) is 59.2 Å². The fourth-order valence-corrected chi connectivity index (χ4v) is 3.75. The molecule has 4 rings (SSSR count). The van der Waals surface area contributed by atoms with E-state index in [2.05, 4.69) is 27.3 Å². The lowest BCUT2D eigenvalue weighted by molar-refractivity contribution is 0.449. The molecule has 1 aliphatic rings. The van der Waals surface area contributed by atoms with E-state index in [0.29, 0.717) is 5.13 Å². The third-order valence-corrected chi connectivity index (χ3v) is 5.17. The lowest BCUT2D eigenvalue weighted by atomic mass is 10.1. The molecule has 26 heavy (non-hydrogen) atoms. The van der Waals surface area contributed by atoms with Gasteiger partial charge in [-0.2, -0.15) is 0 Å². The number of nitrogens with one attached hydrogen (secondary N) is 1. The first-order chi connectivity index (χ1) is 12.6. The van der Waals surface area contributed by atoms with Crippen molar-refractivity contribution in [3.63, 3.8) is 0 Å². The molecule has 1 aromatic heterocycles. The molecular weight excluding hydrogens is 359 g/mol. The Morgan fingerprint density at radius 1 is 0.923 bits per heavy atom. The third kappa shape index (κ3) is 3.26. The summed E-state index contributed by atoms with van der Waals surface area (Å²) in [6.07, 6.45) is 2.45. The van der Waals surface area contributed by atoms with E-state index in [1.165, 1.54) is 29.9 Å². The first kappa shape index (κ1) is 16.9. The molecule has 0 bridgehead atoms. The highest BCUT2D eigenvalue weighted by molar-refractivity contribution is 7.14. The van der Waals surface area contributed by atoms with Gasteiger partial charge in [-0.15, -0.1) is 11.3 Å². The minimum atomic E-state index is -1.50. The second kappa shape index (κ2) is 6.99. The zero-order chi connectivity index (χ0) is 18.1. The SMILES string of the molecule is Fc1ccc(Nc2nc(-c3ccc(N4CCCC4)cc3)cs2)c(F)c1F. The topological polar surface area (TPSA) is 28.2 Å². The maximum absolute atomic E-state index is 13.8. The number of rotatable bonds is 4. The van der Waals surface area contributed by atoms with E-state index in [9.17, 15) is 13.2 Å². The molecule has 2 aromatic carbocycles. The fraction of sp³-hybridized carbons (Fsp3) is 0.211. The molecule has 1 saturated heterocycles. The summed E-state index contributed by atoms with van der Waals surface area (Å²) in [5, 5.41) is 4.95. The molecule has 1 aliphatic heterocycles. The zero-order valence-electron chi connectivity index (χ0n) is 13.8. The predicted molar refractivity (Wildman–Crippen MR) is 98.6 cm³/mol. The first-order valence-corrected chi connectivity index (χ1v) is 9.21. The maximum Gasteiger partial charge on any atom is 0.196 e. The monoisotopic (exact) mass is 375 g/mol. The minimum Gasteiger partial charge on any atom is -0.372 e. The van der Waals surface area contributed by atoms with Crippen molar-refractivity contribution in [2.45, 2.75) is 12.8 Å². The molecule has 2 heterocycles. The Morgan fingerprint density at radius 3 is 2.38 bits per heavy atom. The summed E-state index contributed by atoms with van der Waals surface area (Å²) in [5.41, 5.74) is 2.74. The molecule has 7 heteroatoms. The van der Waals surface area contributed by atoms with Crippen LogP contribution in [0.15, 0.2) is 41.8 Å². The van der Waals surface area contributed by atoms with E-state index in [-0.39, 0.29) is 5.69 Å². The minimum absolute atomic E-state index is 0.144. The Bertz CT molecular complexity index is 918.